The summed E-state index contributed by atoms with van der Waals surface area (Å²) in [5.41, 5.74) is 4.12. The number of sulfone groups is 1. The molecule has 0 saturated carbocycles. The van der Waals surface area contributed by atoms with Crippen molar-refractivity contribution in [3.05, 3.63) is 45.5 Å². The molecule has 0 unspecified atom stereocenters. The van der Waals surface area contributed by atoms with Crippen LogP contribution >= 0.6 is 0 Å². The van der Waals surface area contributed by atoms with E-state index in [1.807, 2.05) is 41.5 Å². The Bertz CT molecular complexity index is 929. The molecule has 0 spiro atoms. The number of hydrogen-bond acceptors (Lipinski definition) is 4. The Morgan fingerprint density at radius 2 is 0.897 bits per heavy atom. The van der Waals surface area contributed by atoms with Crippen LogP contribution in [-0.2, 0) is 48.4 Å². The van der Waals surface area contributed by atoms with E-state index in [0.29, 0.717) is 71.9 Å². The van der Waals surface area contributed by atoms with E-state index in [2.05, 4.69) is 0 Å². The maximum Gasteiger partial charge on any atom is 0.207 e. The highest BCUT2D eigenvalue weighted by Gasteiger charge is 2.29. The van der Waals surface area contributed by atoms with Crippen molar-refractivity contribution in [2.45, 2.75) is 89.9 Å². The van der Waals surface area contributed by atoms with Crippen LogP contribution in [0.4, 0.5) is 0 Å². The van der Waals surface area contributed by atoms with Crippen LogP contribution in [0.1, 0.15) is 74.9 Å². The summed E-state index contributed by atoms with van der Waals surface area (Å²) in [6.45, 7) is 11.5. The molecular formula is C24H34O4S. The lowest BCUT2D eigenvalue weighted by atomic mass is 9.97. The minimum atomic E-state index is -3.81. The number of rotatable bonds is 8. The number of hydrogen-bond donors (Lipinski definition) is 2. The molecule has 0 fully saturated rings. The Balaban J connectivity index is 2.97. The average molecular weight is 419 g/mol. The standard InChI is InChI=1S/C24H34O4S/c1-7-15-13-21(17(9-3)19(11-5)23(15)25)29(27,28)22-14-16(8-2)24(26)20(12-6)18(22)10-4/h13-14,25-26H,7-12H2,1-6H3. The monoisotopic (exact) mass is 418 g/mol. The number of phenols is 2. The van der Waals surface area contributed by atoms with E-state index in [9.17, 15) is 18.6 Å². The molecule has 2 N–H and O–H groups in total. The maximum absolute atomic E-state index is 13.9. The van der Waals surface area contributed by atoms with Crippen LogP contribution in [0, 0.1) is 0 Å². The van der Waals surface area contributed by atoms with Gasteiger partial charge in [-0.3, -0.25) is 0 Å². The predicted octanol–water partition coefficient (Wildman–Crippen LogP) is 5.31. The largest absolute Gasteiger partial charge is 0.507 e. The van der Waals surface area contributed by atoms with Gasteiger partial charge in [-0.15, -0.1) is 0 Å². The molecule has 160 valence electrons. The summed E-state index contributed by atoms with van der Waals surface area (Å²) >= 11 is 0. The summed E-state index contributed by atoms with van der Waals surface area (Å²) < 4.78 is 27.9. The van der Waals surface area contributed by atoms with Gasteiger partial charge in [-0.2, -0.15) is 0 Å². The van der Waals surface area contributed by atoms with Gasteiger partial charge < -0.3 is 10.2 Å². The summed E-state index contributed by atoms with van der Waals surface area (Å²) in [5, 5.41) is 21.3. The first-order chi connectivity index (χ1) is 13.7. The third kappa shape index (κ3) is 3.89. The molecule has 0 aliphatic carbocycles. The van der Waals surface area contributed by atoms with E-state index in [0.717, 1.165) is 0 Å². The van der Waals surface area contributed by atoms with Crippen LogP contribution in [-0.4, -0.2) is 18.6 Å². The summed E-state index contributed by atoms with van der Waals surface area (Å²) in [6.07, 6.45) is 3.31. The van der Waals surface area contributed by atoms with Gasteiger partial charge in [0.1, 0.15) is 11.5 Å². The van der Waals surface area contributed by atoms with Crippen LogP contribution in [0.25, 0.3) is 0 Å². The molecule has 0 bridgehead atoms. The van der Waals surface area contributed by atoms with Crippen LogP contribution in [0.15, 0.2) is 21.9 Å². The number of phenolic OH excluding ortho intramolecular Hbond substituents is 2. The van der Waals surface area contributed by atoms with Gasteiger partial charge in [0.05, 0.1) is 9.79 Å². The highest BCUT2D eigenvalue weighted by Crippen LogP contribution is 2.39. The van der Waals surface area contributed by atoms with Crippen molar-refractivity contribution < 1.29 is 18.6 Å². The lowest BCUT2D eigenvalue weighted by Gasteiger charge is -2.21. The first-order valence-electron chi connectivity index (χ1n) is 10.7. The highest BCUT2D eigenvalue weighted by atomic mass is 32.2. The van der Waals surface area contributed by atoms with Gasteiger partial charge >= 0.3 is 0 Å². The number of aromatic hydroxyl groups is 2. The zero-order chi connectivity index (χ0) is 21.9. The van der Waals surface area contributed by atoms with Gasteiger partial charge in [0.15, 0.2) is 0 Å². The van der Waals surface area contributed by atoms with Crippen molar-refractivity contribution in [1.82, 2.24) is 0 Å². The van der Waals surface area contributed by atoms with Crippen molar-refractivity contribution in [2.24, 2.45) is 0 Å². The lowest BCUT2D eigenvalue weighted by Crippen LogP contribution is -2.13. The maximum atomic E-state index is 13.9. The SMILES string of the molecule is CCc1cc(S(=O)(=O)c2cc(CC)c(O)c(CC)c2CC)c(CC)c(CC)c1O. The van der Waals surface area contributed by atoms with Crippen molar-refractivity contribution in [3.63, 3.8) is 0 Å². The van der Waals surface area contributed by atoms with E-state index in [1.165, 1.54) is 0 Å². The molecule has 0 radical (unpaired) electrons. The van der Waals surface area contributed by atoms with Gasteiger partial charge in [-0.05, 0) is 84.0 Å². The molecule has 2 aromatic rings. The molecule has 29 heavy (non-hydrogen) atoms. The fourth-order valence-electron chi connectivity index (χ4n) is 4.27. The smallest absolute Gasteiger partial charge is 0.207 e. The molecule has 2 aromatic carbocycles. The molecule has 0 aliphatic heterocycles. The second-order valence-corrected chi connectivity index (χ2v) is 9.19. The third-order valence-corrected chi connectivity index (χ3v) is 7.76. The van der Waals surface area contributed by atoms with E-state index in [1.54, 1.807) is 12.1 Å². The Labute approximate surface area is 175 Å². The first-order valence-corrected chi connectivity index (χ1v) is 12.2. The summed E-state index contributed by atoms with van der Waals surface area (Å²) in [5.74, 6) is 0.437. The third-order valence-electron chi connectivity index (χ3n) is 5.87. The second kappa shape index (κ2) is 9.21. The molecule has 0 aliphatic rings. The van der Waals surface area contributed by atoms with Crippen molar-refractivity contribution >= 4 is 9.84 Å². The quantitative estimate of drug-likeness (QED) is 0.610. The number of aryl methyl sites for hydroxylation is 2. The Morgan fingerprint density at radius 1 is 0.586 bits per heavy atom. The highest BCUT2D eigenvalue weighted by molar-refractivity contribution is 7.91. The number of benzene rings is 2. The van der Waals surface area contributed by atoms with E-state index in [4.69, 9.17) is 0 Å². The Hall–Kier alpha value is -2.01. The van der Waals surface area contributed by atoms with Gasteiger partial charge in [-0.1, -0.05) is 41.5 Å². The van der Waals surface area contributed by atoms with Gasteiger partial charge in [0, 0.05) is 0 Å². The molecule has 5 heteroatoms. The van der Waals surface area contributed by atoms with E-state index < -0.39 is 9.84 Å². The van der Waals surface area contributed by atoms with Crippen molar-refractivity contribution in [1.29, 1.82) is 0 Å². The van der Waals surface area contributed by atoms with Crippen molar-refractivity contribution in [3.8, 4) is 11.5 Å². The molecule has 0 saturated heterocycles. The van der Waals surface area contributed by atoms with Crippen LogP contribution in [0.5, 0.6) is 11.5 Å². The first kappa shape index (κ1) is 23.3. The topological polar surface area (TPSA) is 74.6 Å². The Kier molecular flexibility index (Phi) is 7.39. The average Bonchev–Trinajstić information content (AvgIpc) is 2.72. The van der Waals surface area contributed by atoms with E-state index in [-0.39, 0.29) is 21.3 Å². The van der Waals surface area contributed by atoms with E-state index >= 15 is 0 Å². The molecule has 0 heterocycles. The molecular weight excluding hydrogens is 384 g/mol. The van der Waals surface area contributed by atoms with Gasteiger partial charge in [-0.25, -0.2) is 8.42 Å². The minimum absolute atomic E-state index is 0.218. The summed E-state index contributed by atoms with van der Waals surface area (Å²) in [4.78, 5) is 0.576. The fourth-order valence-corrected chi connectivity index (χ4v) is 6.29. The van der Waals surface area contributed by atoms with Gasteiger partial charge in [0.2, 0.25) is 9.84 Å². The van der Waals surface area contributed by atoms with Crippen LogP contribution in [0.2, 0.25) is 0 Å². The summed E-state index contributed by atoms with van der Waals surface area (Å²) in [6, 6.07) is 3.29. The molecule has 0 amide bonds. The van der Waals surface area contributed by atoms with Crippen LogP contribution < -0.4 is 0 Å². The molecule has 2 rings (SSSR count). The summed E-state index contributed by atoms with van der Waals surface area (Å²) in [7, 11) is -3.81. The minimum Gasteiger partial charge on any atom is -0.507 e. The molecule has 4 nitrogen and oxygen atoms in total. The zero-order valence-electron chi connectivity index (χ0n) is 18.5. The normalized spacial score (nSPS) is 11.8. The molecule has 0 atom stereocenters. The van der Waals surface area contributed by atoms with Gasteiger partial charge in [0.25, 0.3) is 0 Å². The Morgan fingerprint density at radius 3 is 1.14 bits per heavy atom. The second-order valence-electron chi connectivity index (χ2n) is 7.30. The zero-order valence-corrected chi connectivity index (χ0v) is 19.3. The predicted molar refractivity (Wildman–Crippen MR) is 118 cm³/mol. The van der Waals surface area contributed by atoms with Crippen molar-refractivity contribution in [2.75, 3.05) is 0 Å². The fraction of sp³-hybridized carbons (Fsp3) is 0.500. The lowest BCUT2D eigenvalue weighted by molar-refractivity contribution is 0.460. The van der Waals surface area contributed by atoms with Crippen LogP contribution in [0.3, 0.4) is 0 Å². The molecule has 0 aromatic heterocycles.